The van der Waals surface area contributed by atoms with Crippen molar-refractivity contribution in [3.8, 4) is 0 Å². The van der Waals surface area contributed by atoms with Gasteiger partial charge in [0.1, 0.15) is 0 Å². The van der Waals surface area contributed by atoms with Crippen molar-refractivity contribution < 1.29 is 5.03 Å². The van der Waals surface area contributed by atoms with Gasteiger partial charge in [0.25, 0.3) is 0 Å². The van der Waals surface area contributed by atoms with E-state index in [1.165, 1.54) is 19.3 Å². The van der Waals surface area contributed by atoms with Crippen LogP contribution in [0.1, 0.15) is 38.5 Å². The van der Waals surface area contributed by atoms with E-state index in [9.17, 15) is 10.1 Å². The molecule has 15 heavy (non-hydrogen) atoms. The van der Waals surface area contributed by atoms with Gasteiger partial charge < -0.3 is 0 Å². The van der Waals surface area contributed by atoms with E-state index < -0.39 is 0 Å². The van der Waals surface area contributed by atoms with E-state index in [-0.39, 0.29) is 14.9 Å². The number of rotatable bonds is 2. The standard InChI is InChI=1S/C10H15BrN2O2/c11-9-2-7-1-8(3-9)5-10(4-7,6-9)12-13(14)15/h7-8,12H,1-6H2/t7-,8+,9?,10?. The zero-order chi connectivity index (χ0) is 10.7. The van der Waals surface area contributed by atoms with Crippen LogP contribution in [0, 0.1) is 22.0 Å². The van der Waals surface area contributed by atoms with Gasteiger partial charge >= 0.3 is 0 Å². The first-order chi connectivity index (χ1) is 6.99. The summed E-state index contributed by atoms with van der Waals surface area (Å²) in [5.74, 6) is 1.39. The van der Waals surface area contributed by atoms with Crippen molar-refractivity contribution in [1.82, 2.24) is 5.43 Å². The molecule has 0 saturated heterocycles. The summed E-state index contributed by atoms with van der Waals surface area (Å²) in [6.45, 7) is 0. The predicted octanol–water partition coefficient (Wildman–Crippen LogP) is 2.25. The van der Waals surface area contributed by atoms with Gasteiger partial charge in [-0.3, -0.25) is 0 Å². The van der Waals surface area contributed by atoms with Crippen LogP contribution in [-0.2, 0) is 0 Å². The van der Waals surface area contributed by atoms with Gasteiger partial charge in [0.15, 0.2) is 5.03 Å². The Morgan fingerprint density at radius 2 is 1.87 bits per heavy atom. The largest absolute Gasteiger partial charge is 0.235 e. The summed E-state index contributed by atoms with van der Waals surface area (Å²) >= 11 is 3.82. The maximum atomic E-state index is 10.7. The Kier molecular flexibility index (Phi) is 1.89. The summed E-state index contributed by atoms with van der Waals surface area (Å²) in [5, 5.41) is 10.3. The normalized spacial score (nSPS) is 51.8. The van der Waals surface area contributed by atoms with Crippen LogP contribution in [0.15, 0.2) is 0 Å². The van der Waals surface area contributed by atoms with E-state index >= 15 is 0 Å². The maximum Gasteiger partial charge on any atom is 0.158 e. The highest BCUT2D eigenvalue weighted by Gasteiger charge is 2.58. The van der Waals surface area contributed by atoms with Crippen LogP contribution in [0.2, 0.25) is 0 Å². The fourth-order valence-corrected chi connectivity index (χ4v) is 5.93. The van der Waals surface area contributed by atoms with Crippen LogP contribution in [0.4, 0.5) is 0 Å². The third-order valence-corrected chi connectivity index (χ3v) is 5.25. The second-order valence-corrected chi connectivity index (χ2v) is 7.44. The van der Waals surface area contributed by atoms with Crippen molar-refractivity contribution in [2.24, 2.45) is 11.8 Å². The molecule has 0 spiro atoms. The van der Waals surface area contributed by atoms with Crippen molar-refractivity contribution >= 4 is 15.9 Å². The van der Waals surface area contributed by atoms with Crippen LogP contribution >= 0.6 is 15.9 Å². The fourth-order valence-electron chi connectivity index (χ4n) is 4.48. The summed E-state index contributed by atoms with van der Waals surface area (Å²) in [6.07, 6.45) is 6.63. The molecule has 84 valence electrons. The molecular formula is C10H15BrN2O2. The zero-order valence-corrected chi connectivity index (χ0v) is 10.1. The van der Waals surface area contributed by atoms with Crippen molar-refractivity contribution in [2.75, 3.05) is 0 Å². The van der Waals surface area contributed by atoms with Crippen LogP contribution in [-0.4, -0.2) is 14.9 Å². The third kappa shape index (κ3) is 1.55. The molecule has 0 radical (unpaired) electrons. The molecule has 4 nitrogen and oxygen atoms in total. The lowest BCUT2D eigenvalue weighted by Crippen LogP contribution is -2.63. The average Bonchev–Trinajstić information content (AvgIpc) is 1.94. The Morgan fingerprint density at radius 1 is 1.27 bits per heavy atom. The van der Waals surface area contributed by atoms with Crippen molar-refractivity contribution in [3.63, 3.8) is 0 Å². The fraction of sp³-hybridized carbons (Fsp3) is 1.00. The molecule has 4 rings (SSSR count). The van der Waals surface area contributed by atoms with E-state index in [1.807, 2.05) is 0 Å². The van der Waals surface area contributed by atoms with Crippen LogP contribution in [0.5, 0.6) is 0 Å². The van der Waals surface area contributed by atoms with E-state index in [0.717, 1.165) is 19.3 Å². The zero-order valence-electron chi connectivity index (χ0n) is 8.54. The maximum absolute atomic E-state index is 10.7. The van der Waals surface area contributed by atoms with Gasteiger partial charge in [0.2, 0.25) is 0 Å². The first kappa shape index (κ1) is 9.87. The first-order valence-electron chi connectivity index (χ1n) is 5.60. The molecule has 0 aromatic carbocycles. The summed E-state index contributed by atoms with van der Waals surface area (Å²) in [4.78, 5) is 10.7. The molecule has 4 fully saturated rings. The van der Waals surface area contributed by atoms with Gasteiger partial charge in [0, 0.05) is 4.32 Å². The highest BCUT2D eigenvalue weighted by atomic mass is 79.9. The molecule has 5 heteroatoms. The number of nitrogens with one attached hydrogen (secondary N) is 1. The third-order valence-electron chi connectivity index (χ3n) is 4.32. The monoisotopic (exact) mass is 274 g/mol. The molecular weight excluding hydrogens is 260 g/mol. The Balaban J connectivity index is 1.89. The highest BCUT2D eigenvalue weighted by molar-refractivity contribution is 9.10. The van der Waals surface area contributed by atoms with Gasteiger partial charge in [-0.25, -0.2) is 10.1 Å². The van der Waals surface area contributed by atoms with Gasteiger partial charge in [-0.1, -0.05) is 15.9 Å². The predicted molar refractivity (Wildman–Crippen MR) is 59.2 cm³/mol. The molecule has 0 amide bonds. The molecule has 2 unspecified atom stereocenters. The minimum Gasteiger partial charge on any atom is -0.235 e. The lowest BCUT2D eigenvalue weighted by atomic mass is 9.53. The molecule has 0 aromatic rings. The van der Waals surface area contributed by atoms with E-state index in [2.05, 4.69) is 21.4 Å². The second kappa shape index (κ2) is 2.87. The molecule has 1 N–H and O–H groups in total. The number of halogens is 1. The summed E-state index contributed by atoms with van der Waals surface area (Å²) < 4.78 is 0.195. The Morgan fingerprint density at radius 3 is 2.33 bits per heavy atom. The quantitative estimate of drug-likeness (QED) is 0.477. The number of nitrogens with zero attached hydrogens (tertiary/aromatic N) is 1. The van der Waals surface area contributed by atoms with Crippen LogP contribution < -0.4 is 5.43 Å². The van der Waals surface area contributed by atoms with E-state index in [0.29, 0.717) is 11.8 Å². The molecule has 0 heterocycles. The number of hydrazine groups is 1. The van der Waals surface area contributed by atoms with Crippen LogP contribution in [0.25, 0.3) is 0 Å². The summed E-state index contributed by atoms with van der Waals surface area (Å²) in [5.41, 5.74) is 2.39. The minimum atomic E-state index is -0.344. The average molecular weight is 275 g/mol. The van der Waals surface area contributed by atoms with Gasteiger partial charge in [-0.2, -0.15) is 0 Å². The number of hydrogen-bond acceptors (Lipinski definition) is 2. The topological polar surface area (TPSA) is 55.2 Å². The van der Waals surface area contributed by atoms with Crippen molar-refractivity contribution in [1.29, 1.82) is 0 Å². The Labute approximate surface area is 97.0 Å². The van der Waals surface area contributed by atoms with Crippen LogP contribution in [0.3, 0.4) is 0 Å². The molecule has 0 aliphatic heterocycles. The molecule has 4 bridgehead atoms. The highest BCUT2D eigenvalue weighted by Crippen LogP contribution is 2.60. The molecule has 4 atom stereocenters. The number of alkyl halides is 1. The number of hydrogen-bond donors (Lipinski definition) is 1. The Hall–Kier alpha value is -0.320. The minimum absolute atomic E-state index is 0.195. The summed E-state index contributed by atoms with van der Waals surface area (Å²) in [6, 6.07) is 0. The van der Waals surface area contributed by atoms with Gasteiger partial charge in [-0.15, -0.1) is 5.43 Å². The summed E-state index contributed by atoms with van der Waals surface area (Å²) in [7, 11) is 0. The van der Waals surface area contributed by atoms with Gasteiger partial charge in [0.05, 0.1) is 5.54 Å². The first-order valence-corrected chi connectivity index (χ1v) is 6.39. The van der Waals surface area contributed by atoms with E-state index in [4.69, 9.17) is 0 Å². The lowest BCUT2D eigenvalue weighted by Gasteiger charge is -2.58. The van der Waals surface area contributed by atoms with Crippen molar-refractivity contribution in [3.05, 3.63) is 10.1 Å². The SMILES string of the molecule is O=[N+]([O-])NC12C[C@@H]3C[C@@H](CC(Br)(C3)C1)C2. The molecule has 0 aromatic heterocycles. The molecule has 4 aliphatic carbocycles. The van der Waals surface area contributed by atoms with Crippen molar-refractivity contribution in [2.45, 2.75) is 48.4 Å². The second-order valence-electron chi connectivity index (χ2n) is 5.76. The van der Waals surface area contributed by atoms with Gasteiger partial charge in [-0.05, 0) is 50.4 Å². The Bertz CT molecular complexity index is 307. The lowest BCUT2D eigenvalue weighted by molar-refractivity contribution is -0.563. The molecule has 4 saturated carbocycles. The van der Waals surface area contributed by atoms with E-state index in [1.54, 1.807) is 0 Å². The smallest absolute Gasteiger partial charge is 0.158 e. The molecule has 4 aliphatic rings. The number of nitro groups is 1.